The summed E-state index contributed by atoms with van der Waals surface area (Å²) < 4.78 is 0. The van der Waals surface area contributed by atoms with Crippen LogP contribution in [0.5, 0.6) is 0 Å². The molecule has 0 aromatic heterocycles. The number of nitrogens with one attached hydrogen (secondary N) is 1. The van der Waals surface area contributed by atoms with Crippen molar-refractivity contribution in [2.75, 3.05) is 7.05 Å². The quantitative estimate of drug-likeness (QED) is 0.806. The van der Waals surface area contributed by atoms with Crippen LogP contribution in [-0.4, -0.2) is 7.05 Å². The molecule has 1 aromatic carbocycles. The van der Waals surface area contributed by atoms with Crippen LogP contribution >= 0.6 is 0 Å². The summed E-state index contributed by atoms with van der Waals surface area (Å²) in [7, 11) is 2.06. The van der Waals surface area contributed by atoms with Crippen molar-refractivity contribution >= 4 is 0 Å². The Morgan fingerprint density at radius 3 is 1.88 bits per heavy atom. The van der Waals surface area contributed by atoms with E-state index in [0.717, 1.165) is 0 Å². The lowest BCUT2D eigenvalue weighted by atomic mass is 9.79. The van der Waals surface area contributed by atoms with Gasteiger partial charge in [-0.3, -0.25) is 0 Å². The first kappa shape index (κ1) is 14.2. The van der Waals surface area contributed by atoms with E-state index in [-0.39, 0.29) is 5.41 Å². The Hall–Kier alpha value is -0.820. The van der Waals surface area contributed by atoms with Crippen molar-refractivity contribution in [3.63, 3.8) is 0 Å². The van der Waals surface area contributed by atoms with Gasteiger partial charge in [-0.15, -0.1) is 0 Å². The van der Waals surface area contributed by atoms with E-state index in [1.807, 2.05) is 0 Å². The van der Waals surface area contributed by atoms with Gasteiger partial charge in [-0.2, -0.15) is 0 Å². The third-order valence-corrected chi connectivity index (χ3v) is 3.99. The molecule has 1 atom stereocenters. The van der Waals surface area contributed by atoms with Crippen LogP contribution in [0.25, 0.3) is 0 Å². The molecule has 0 amide bonds. The number of rotatable bonds is 2. The molecule has 0 saturated heterocycles. The van der Waals surface area contributed by atoms with Crippen molar-refractivity contribution < 1.29 is 0 Å². The first-order chi connectivity index (χ1) is 7.70. The van der Waals surface area contributed by atoms with Crippen LogP contribution in [-0.2, 0) is 0 Å². The molecular weight excluding hydrogens is 206 g/mol. The zero-order valence-corrected chi connectivity index (χ0v) is 12.7. The molecule has 0 aliphatic carbocycles. The van der Waals surface area contributed by atoms with E-state index < -0.39 is 0 Å². The molecular formula is C16H27N. The molecule has 1 unspecified atom stereocenters. The number of benzene rings is 1. The van der Waals surface area contributed by atoms with Gasteiger partial charge in [0, 0.05) is 6.04 Å². The standard InChI is InChI=1S/C16H27N/c1-10-9-14(13(4)12(3)11(10)2)15(17-8)16(5,6)7/h9,15,17H,1-8H3. The Labute approximate surface area is 107 Å². The Morgan fingerprint density at radius 1 is 0.941 bits per heavy atom. The number of hydrogen-bond acceptors (Lipinski definition) is 1. The second-order valence-corrected chi connectivity index (χ2v) is 6.25. The molecule has 0 aliphatic rings. The Balaban J connectivity index is 3.41. The maximum Gasteiger partial charge on any atom is 0.0369 e. The highest BCUT2D eigenvalue weighted by Crippen LogP contribution is 2.36. The molecule has 0 saturated carbocycles. The highest BCUT2D eigenvalue weighted by molar-refractivity contribution is 5.45. The van der Waals surface area contributed by atoms with Gasteiger partial charge in [-0.25, -0.2) is 0 Å². The molecule has 0 spiro atoms. The molecule has 1 heteroatoms. The maximum atomic E-state index is 3.47. The van der Waals surface area contributed by atoms with Crippen molar-refractivity contribution in [1.29, 1.82) is 0 Å². The van der Waals surface area contributed by atoms with Crippen LogP contribution in [0.15, 0.2) is 6.07 Å². The SMILES string of the molecule is CNC(c1cc(C)c(C)c(C)c1C)C(C)(C)C. The lowest BCUT2D eigenvalue weighted by molar-refractivity contribution is 0.286. The zero-order chi connectivity index (χ0) is 13.4. The van der Waals surface area contributed by atoms with E-state index >= 15 is 0 Å². The van der Waals surface area contributed by atoms with Gasteiger partial charge in [-0.05, 0) is 68.0 Å². The van der Waals surface area contributed by atoms with Crippen molar-refractivity contribution in [3.05, 3.63) is 33.9 Å². The Bertz CT molecular complexity index is 411. The Kier molecular flexibility index (Phi) is 4.03. The van der Waals surface area contributed by atoms with Gasteiger partial charge in [0.05, 0.1) is 0 Å². The molecule has 0 bridgehead atoms. The monoisotopic (exact) mass is 233 g/mol. The molecule has 1 rings (SSSR count). The van der Waals surface area contributed by atoms with Crippen molar-refractivity contribution in [2.45, 2.75) is 54.5 Å². The first-order valence-electron chi connectivity index (χ1n) is 6.44. The van der Waals surface area contributed by atoms with E-state index in [0.29, 0.717) is 6.04 Å². The molecule has 1 aromatic rings. The fourth-order valence-electron chi connectivity index (χ4n) is 2.60. The summed E-state index contributed by atoms with van der Waals surface area (Å²) >= 11 is 0. The molecule has 17 heavy (non-hydrogen) atoms. The summed E-state index contributed by atoms with van der Waals surface area (Å²) in [6.07, 6.45) is 0. The van der Waals surface area contributed by atoms with Crippen LogP contribution < -0.4 is 5.32 Å². The van der Waals surface area contributed by atoms with Gasteiger partial charge >= 0.3 is 0 Å². The number of hydrogen-bond donors (Lipinski definition) is 1. The van der Waals surface area contributed by atoms with Gasteiger partial charge in [0.25, 0.3) is 0 Å². The highest BCUT2D eigenvalue weighted by Gasteiger charge is 2.26. The van der Waals surface area contributed by atoms with Crippen LogP contribution in [0, 0.1) is 33.1 Å². The van der Waals surface area contributed by atoms with Gasteiger partial charge < -0.3 is 5.32 Å². The average Bonchev–Trinajstić information content (AvgIpc) is 2.21. The van der Waals surface area contributed by atoms with Crippen molar-refractivity contribution in [1.82, 2.24) is 5.32 Å². The summed E-state index contributed by atoms with van der Waals surface area (Å²) in [6.45, 7) is 15.8. The lowest BCUT2D eigenvalue weighted by Crippen LogP contribution is -2.30. The topological polar surface area (TPSA) is 12.0 Å². The van der Waals surface area contributed by atoms with Crippen molar-refractivity contribution in [3.8, 4) is 0 Å². The molecule has 1 N–H and O–H groups in total. The van der Waals surface area contributed by atoms with Crippen molar-refractivity contribution in [2.24, 2.45) is 5.41 Å². The number of aryl methyl sites for hydroxylation is 1. The van der Waals surface area contributed by atoms with E-state index in [2.05, 4.69) is 66.9 Å². The predicted molar refractivity (Wildman–Crippen MR) is 76.6 cm³/mol. The smallest absolute Gasteiger partial charge is 0.0369 e. The Morgan fingerprint density at radius 2 is 1.47 bits per heavy atom. The lowest BCUT2D eigenvalue weighted by Gasteiger charge is -2.33. The summed E-state index contributed by atoms with van der Waals surface area (Å²) in [5, 5.41) is 3.47. The summed E-state index contributed by atoms with van der Waals surface area (Å²) in [4.78, 5) is 0. The highest BCUT2D eigenvalue weighted by atomic mass is 14.9. The molecule has 0 aliphatic heterocycles. The van der Waals surface area contributed by atoms with Gasteiger partial charge in [-0.1, -0.05) is 26.8 Å². The summed E-state index contributed by atoms with van der Waals surface area (Å²) in [5.41, 5.74) is 7.36. The van der Waals surface area contributed by atoms with Gasteiger partial charge in [0.15, 0.2) is 0 Å². The van der Waals surface area contributed by atoms with Crippen LogP contribution in [0.3, 0.4) is 0 Å². The minimum absolute atomic E-state index is 0.230. The van der Waals surface area contributed by atoms with E-state index in [9.17, 15) is 0 Å². The third-order valence-electron chi connectivity index (χ3n) is 3.99. The largest absolute Gasteiger partial charge is 0.313 e. The van der Waals surface area contributed by atoms with Crippen LogP contribution in [0.1, 0.15) is 54.6 Å². The zero-order valence-electron chi connectivity index (χ0n) is 12.7. The third kappa shape index (κ3) is 2.71. The normalized spacial score (nSPS) is 13.9. The van der Waals surface area contributed by atoms with Crippen LogP contribution in [0.4, 0.5) is 0 Å². The molecule has 0 radical (unpaired) electrons. The second-order valence-electron chi connectivity index (χ2n) is 6.25. The fourth-order valence-corrected chi connectivity index (χ4v) is 2.60. The maximum absolute atomic E-state index is 3.47. The molecule has 1 nitrogen and oxygen atoms in total. The predicted octanol–water partition coefficient (Wildman–Crippen LogP) is 4.23. The van der Waals surface area contributed by atoms with E-state index in [1.165, 1.54) is 27.8 Å². The minimum Gasteiger partial charge on any atom is -0.313 e. The summed E-state index contributed by atoms with van der Waals surface area (Å²) in [5.74, 6) is 0. The molecule has 0 heterocycles. The summed E-state index contributed by atoms with van der Waals surface area (Å²) in [6, 6.07) is 2.75. The molecule has 0 fully saturated rings. The van der Waals surface area contributed by atoms with E-state index in [1.54, 1.807) is 0 Å². The van der Waals surface area contributed by atoms with E-state index in [4.69, 9.17) is 0 Å². The second kappa shape index (κ2) is 4.81. The first-order valence-corrected chi connectivity index (χ1v) is 6.44. The minimum atomic E-state index is 0.230. The average molecular weight is 233 g/mol. The molecule has 96 valence electrons. The van der Waals surface area contributed by atoms with Gasteiger partial charge in [0.2, 0.25) is 0 Å². The van der Waals surface area contributed by atoms with Gasteiger partial charge in [0.1, 0.15) is 0 Å². The fraction of sp³-hybridized carbons (Fsp3) is 0.625. The van der Waals surface area contributed by atoms with Crippen LogP contribution in [0.2, 0.25) is 0 Å².